The summed E-state index contributed by atoms with van der Waals surface area (Å²) in [4.78, 5) is 1.27. The van der Waals surface area contributed by atoms with Crippen LogP contribution in [-0.4, -0.2) is 0 Å². The van der Waals surface area contributed by atoms with E-state index in [-0.39, 0.29) is 11.6 Å². The smallest absolute Gasteiger partial charge is 0.138 e. The molecule has 0 atom stereocenters. The van der Waals surface area contributed by atoms with Gasteiger partial charge in [-0.25, -0.2) is 8.78 Å². The van der Waals surface area contributed by atoms with Gasteiger partial charge in [0.1, 0.15) is 11.6 Å². The highest BCUT2D eigenvalue weighted by Crippen LogP contribution is 2.35. The lowest BCUT2D eigenvalue weighted by molar-refractivity contribution is 0.601. The lowest BCUT2D eigenvalue weighted by atomic mass is 10.3. The topological polar surface area (TPSA) is 0 Å². The minimum absolute atomic E-state index is 0.305. The Morgan fingerprint density at radius 1 is 0.882 bits per heavy atom. The lowest BCUT2D eigenvalue weighted by Crippen LogP contribution is -1.83. The van der Waals surface area contributed by atoms with Crippen molar-refractivity contribution in [3.63, 3.8) is 0 Å². The second-order valence-corrected chi connectivity index (χ2v) is 6.11. The summed E-state index contributed by atoms with van der Waals surface area (Å²) in [7, 11) is 0. The van der Waals surface area contributed by atoms with Crippen molar-refractivity contribution in [1.29, 1.82) is 0 Å². The number of benzene rings is 2. The Labute approximate surface area is 119 Å². The molecule has 0 aliphatic heterocycles. The highest BCUT2D eigenvalue weighted by molar-refractivity contribution is 9.10. The zero-order chi connectivity index (χ0) is 12.4. The number of rotatable bonds is 2. The van der Waals surface area contributed by atoms with E-state index < -0.39 is 0 Å². The highest BCUT2D eigenvalue weighted by Gasteiger charge is 2.08. The Morgan fingerprint density at radius 2 is 1.59 bits per heavy atom. The largest absolute Gasteiger partial charge is 0.207 e. The Kier molecular flexibility index (Phi) is 4.22. The van der Waals surface area contributed by atoms with Gasteiger partial charge >= 0.3 is 0 Å². The predicted molar refractivity (Wildman–Crippen MR) is 72.3 cm³/mol. The van der Waals surface area contributed by atoms with Crippen molar-refractivity contribution in [2.75, 3.05) is 0 Å². The van der Waals surface area contributed by atoms with Crippen molar-refractivity contribution in [3.05, 3.63) is 57.0 Å². The zero-order valence-corrected chi connectivity index (χ0v) is 12.4. The molecule has 2 aromatic rings. The van der Waals surface area contributed by atoms with Crippen LogP contribution in [0.2, 0.25) is 0 Å². The van der Waals surface area contributed by atoms with Gasteiger partial charge in [-0.2, -0.15) is 0 Å². The summed E-state index contributed by atoms with van der Waals surface area (Å²) in [5.41, 5.74) is 0. The maximum atomic E-state index is 13.6. The molecule has 0 unspecified atom stereocenters. The second kappa shape index (κ2) is 5.50. The Bertz CT molecular complexity index is 509. The van der Waals surface area contributed by atoms with Gasteiger partial charge in [-0.3, -0.25) is 0 Å². The zero-order valence-electron chi connectivity index (χ0n) is 8.38. The van der Waals surface area contributed by atoms with E-state index in [0.717, 1.165) is 4.90 Å². The molecule has 0 N–H and O–H groups in total. The fraction of sp³-hybridized carbons (Fsp3) is 0. The standard InChI is InChI=1S/C12H6Br2F2S/c13-7-1-3-12(10(16)5-7)17-11-4-2-8(15)6-9(11)14/h1-6H. The van der Waals surface area contributed by atoms with E-state index in [2.05, 4.69) is 31.9 Å². The van der Waals surface area contributed by atoms with Gasteiger partial charge in [0.15, 0.2) is 0 Å². The van der Waals surface area contributed by atoms with Crippen LogP contribution in [0.3, 0.4) is 0 Å². The van der Waals surface area contributed by atoms with Crippen molar-refractivity contribution >= 4 is 43.6 Å². The number of halogens is 4. The molecular formula is C12H6Br2F2S. The van der Waals surface area contributed by atoms with Crippen molar-refractivity contribution in [2.45, 2.75) is 9.79 Å². The van der Waals surface area contributed by atoms with Crippen LogP contribution in [0.4, 0.5) is 8.78 Å². The van der Waals surface area contributed by atoms with Crippen LogP contribution < -0.4 is 0 Å². The molecule has 2 aromatic carbocycles. The van der Waals surface area contributed by atoms with Gasteiger partial charge in [0.25, 0.3) is 0 Å². The quantitative estimate of drug-likeness (QED) is 0.650. The van der Waals surface area contributed by atoms with Crippen LogP contribution >= 0.6 is 43.6 Å². The summed E-state index contributed by atoms with van der Waals surface area (Å²) in [6.45, 7) is 0. The van der Waals surface area contributed by atoms with Crippen LogP contribution in [0.5, 0.6) is 0 Å². The first-order chi connectivity index (χ1) is 8.06. The van der Waals surface area contributed by atoms with Crippen molar-refractivity contribution in [2.24, 2.45) is 0 Å². The molecule has 88 valence electrons. The summed E-state index contributed by atoms with van der Waals surface area (Å²) in [5, 5.41) is 0. The molecule has 0 amide bonds. The molecule has 17 heavy (non-hydrogen) atoms. The van der Waals surface area contributed by atoms with Gasteiger partial charge in [0.2, 0.25) is 0 Å². The van der Waals surface area contributed by atoms with E-state index in [1.165, 1.54) is 30.0 Å². The molecule has 5 heteroatoms. The van der Waals surface area contributed by atoms with Crippen LogP contribution in [0, 0.1) is 11.6 Å². The summed E-state index contributed by atoms with van der Waals surface area (Å²) in [6.07, 6.45) is 0. The van der Waals surface area contributed by atoms with E-state index >= 15 is 0 Å². The fourth-order valence-corrected chi connectivity index (χ4v) is 2.98. The molecule has 0 aliphatic rings. The maximum Gasteiger partial charge on any atom is 0.138 e. The number of hydrogen-bond donors (Lipinski definition) is 0. The average Bonchev–Trinajstić information content (AvgIpc) is 2.25. The molecule has 0 radical (unpaired) electrons. The van der Waals surface area contributed by atoms with Crippen LogP contribution in [-0.2, 0) is 0 Å². The van der Waals surface area contributed by atoms with Crippen molar-refractivity contribution < 1.29 is 8.78 Å². The molecule has 0 aromatic heterocycles. The number of hydrogen-bond acceptors (Lipinski definition) is 1. The molecule has 0 nitrogen and oxygen atoms in total. The van der Waals surface area contributed by atoms with E-state index in [9.17, 15) is 8.78 Å². The molecule has 0 bridgehead atoms. The molecule has 0 saturated carbocycles. The van der Waals surface area contributed by atoms with Gasteiger partial charge in [0, 0.05) is 18.7 Å². The fourth-order valence-electron chi connectivity index (χ4n) is 1.23. The highest BCUT2D eigenvalue weighted by atomic mass is 79.9. The molecule has 0 heterocycles. The minimum Gasteiger partial charge on any atom is -0.207 e. The summed E-state index contributed by atoms with van der Waals surface area (Å²) in [5.74, 6) is -0.627. The van der Waals surface area contributed by atoms with Crippen LogP contribution in [0.25, 0.3) is 0 Å². The molecule has 0 aliphatic carbocycles. The monoisotopic (exact) mass is 378 g/mol. The second-order valence-electron chi connectivity index (χ2n) is 3.25. The van der Waals surface area contributed by atoms with E-state index in [1.54, 1.807) is 18.2 Å². The van der Waals surface area contributed by atoms with Crippen LogP contribution in [0.15, 0.2) is 55.1 Å². The predicted octanol–water partition coefficient (Wildman–Crippen LogP) is 5.64. The Morgan fingerprint density at radius 3 is 2.24 bits per heavy atom. The third-order valence-corrected chi connectivity index (χ3v) is 4.55. The van der Waals surface area contributed by atoms with E-state index in [1.807, 2.05) is 0 Å². The first-order valence-corrected chi connectivity index (χ1v) is 7.04. The van der Waals surface area contributed by atoms with Crippen molar-refractivity contribution in [1.82, 2.24) is 0 Å². The van der Waals surface area contributed by atoms with Gasteiger partial charge in [-0.15, -0.1) is 0 Å². The lowest BCUT2D eigenvalue weighted by Gasteiger charge is -2.05. The third kappa shape index (κ3) is 3.30. The molecular weight excluding hydrogens is 374 g/mol. The first kappa shape index (κ1) is 13.1. The van der Waals surface area contributed by atoms with Gasteiger partial charge < -0.3 is 0 Å². The summed E-state index contributed by atoms with van der Waals surface area (Å²) in [6, 6.07) is 9.18. The minimum atomic E-state index is -0.322. The summed E-state index contributed by atoms with van der Waals surface area (Å²) < 4.78 is 27.8. The van der Waals surface area contributed by atoms with Crippen molar-refractivity contribution in [3.8, 4) is 0 Å². The molecule has 0 fully saturated rings. The van der Waals surface area contributed by atoms with Gasteiger partial charge in [0.05, 0.1) is 0 Å². The maximum absolute atomic E-state index is 13.6. The van der Waals surface area contributed by atoms with Crippen LogP contribution in [0.1, 0.15) is 0 Å². The normalized spacial score (nSPS) is 10.6. The van der Waals surface area contributed by atoms with Gasteiger partial charge in [-0.05, 0) is 52.3 Å². The summed E-state index contributed by atoms with van der Waals surface area (Å²) >= 11 is 7.70. The molecule has 2 rings (SSSR count). The average molecular weight is 380 g/mol. The SMILES string of the molecule is Fc1ccc(Sc2ccc(Br)cc2F)c(Br)c1. The van der Waals surface area contributed by atoms with E-state index in [0.29, 0.717) is 13.8 Å². The molecule has 0 saturated heterocycles. The Hall–Kier alpha value is -0.390. The third-order valence-electron chi connectivity index (χ3n) is 2.01. The van der Waals surface area contributed by atoms with Gasteiger partial charge in [-0.1, -0.05) is 27.7 Å². The molecule has 0 spiro atoms. The first-order valence-electron chi connectivity index (χ1n) is 4.64. The Balaban J connectivity index is 2.31. The van der Waals surface area contributed by atoms with E-state index in [4.69, 9.17) is 0 Å².